The predicted molar refractivity (Wildman–Crippen MR) is 65.2 cm³/mol. The van der Waals surface area contributed by atoms with Gasteiger partial charge in [0.05, 0.1) is 7.11 Å². The number of benzene rings is 2. The fraction of sp³-hybridized carbons (Fsp3) is 0.143. The van der Waals surface area contributed by atoms with E-state index in [1.54, 1.807) is 12.1 Å². The van der Waals surface area contributed by atoms with E-state index in [2.05, 4.69) is 4.74 Å². The van der Waals surface area contributed by atoms with Gasteiger partial charge < -0.3 is 4.74 Å². The van der Waals surface area contributed by atoms with Gasteiger partial charge >= 0.3 is 5.97 Å². The van der Waals surface area contributed by atoms with Crippen LogP contribution >= 0.6 is 0 Å². The third kappa shape index (κ3) is 2.22. The number of carbonyl (C=O) groups excluding carboxylic acids is 2. The number of carbonyl (C=O) groups is 2. The summed E-state index contributed by atoms with van der Waals surface area (Å²) in [5.74, 6) is -2.05. The van der Waals surface area contributed by atoms with Gasteiger partial charge in [-0.3, -0.25) is 4.79 Å². The Balaban J connectivity index is 2.36. The van der Waals surface area contributed by atoms with Crippen LogP contribution in [0.15, 0.2) is 42.5 Å². The maximum atomic E-state index is 13.5. The van der Waals surface area contributed by atoms with Crippen molar-refractivity contribution in [2.45, 2.75) is 6.17 Å². The monoisotopic (exact) mass is 246 g/mol. The largest absolute Gasteiger partial charge is 0.467 e. The first-order valence-corrected chi connectivity index (χ1v) is 5.38. The second-order valence-electron chi connectivity index (χ2n) is 3.81. The highest BCUT2D eigenvalue weighted by Gasteiger charge is 2.27. The van der Waals surface area contributed by atoms with Crippen LogP contribution < -0.4 is 0 Å². The molecule has 0 heterocycles. The first kappa shape index (κ1) is 12.2. The summed E-state index contributed by atoms with van der Waals surface area (Å²) in [7, 11) is 1.04. The molecule has 1 unspecified atom stereocenters. The molecular formula is C14H11FO3. The molecule has 0 amide bonds. The van der Waals surface area contributed by atoms with E-state index >= 15 is 0 Å². The van der Waals surface area contributed by atoms with E-state index in [1.807, 2.05) is 24.3 Å². The maximum Gasteiger partial charge on any atom is 0.348 e. The molecule has 0 aliphatic rings. The third-order valence-corrected chi connectivity index (χ3v) is 2.67. The van der Waals surface area contributed by atoms with Crippen LogP contribution in [-0.2, 0) is 9.53 Å². The van der Waals surface area contributed by atoms with Crippen LogP contribution in [0.3, 0.4) is 0 Å². The van der Waals surface area contributed by atoms with Gasteiger partial charge in [-0.2, -0.15) is 0 Å². The van der Waals surface area contributed by atoms with Crippen molar-refractivity contribution in [2.24, 2.45) is 0 Å². The summed E-state index contributed by atoms with van der Waals surface area (Å²) in [6.07, 6.45) is -2.27. The Hall–Kier alpha value is -2.23. The van der Waals surface area contributed by atoms with E-state index < -0.39 is 17.9 Å². The van der Waals surface area contributed by atoms with Gasteiger partial charge in [-0.1, -0.05) is 36.4 Å². The molecule has 3 nitrogen and oxygen atoms in total. The zero-order valence-electron chi connectivity index (χ0n) is 9.72. The minimum absolute atomic E-state index is 0.159. The molecule has 0 radical (unpaired) electrons. The molecule has 92 valence electrons. The number of fused-ring (bicyclic) bond motifs is 1. The number of rotatable bonds is 3. The average Bonchev–Trinajstić information content (AvgIpc) is 2.44. The second kappa shape index (κ2) is 4.96. The van der Waals surface area contributed by atoms with Crippen molar-refractivity contribution in [2.75, 3.05) is 7.11 Å². The second-order valence-corrected chi connectivity index (χ2v) is 3.81. The van der Waals surface area contributed by atoms with Gasteiger partial charge in [0, 0.05) is 5.56 Å². The number of alkyl halides is 1. The van der Waals surface area contributed by atoms with Gasteiger partial charge in [0.15, 0.2) is 0 Å². The van der Waals surface area contributed by atoms with Crippen molar-refractivity contribution in [1.29, 1.82) is 0 Å². The summed E-state index contributed by atoms with van der Waals surface area (Å²) in [6, 6.07) is 12.2. The molecule has 0 N–H and O–H groups in total. The average molecular weight is 246 g/mol. The smallest absolute Gasteiger partial charge is 0.348 e. The van der Waals surface area contributed by atoms with Crippen molar-refractivity contribution in [3.05, 3.63) is 48.0 Å². The van der Waals surface area contributed by atoms with Gasteiger partial charge in [-0.15, -0.1) is 0 Å². The summed E-state index contributed by atoms with van der Waals surface area (Å²) >= 11 is 0. The Labute approximate surface area is 103 Å². The van der Waals surface area contributed by atoms with Crippen molar-refractivity contribution in [3.63, 3.8) is 0 Å². The van der Waals surface area contributed by atoms with E-state index in [0.717, 1.165) is 17.9 Å². The van der Waals surface area contributed by atoms with Crippen LogP contribution in [0.5, 0.6) is 0 Å². The number of ether oxygens (including phenoxy) is 1. The molecule has 0 saturated heterocycles. The van der Waals surface area contributed by atoms with Crippen LogP contribution in [0.4, 0.5) is 4.39 Å². The van der Waals surface area contributed by atoms with E-state index in [9.17, 15) is 14.0 Å². The third-order valence-electron chi connectivity index (χ3n) is 2.67. The summed E-state index contributed by atoms with van der Waals surface area (Å²) in [5, 5.41) is 1.77. The molecule has 0 bridgehead atoms. The normalized spacial score (nSPS) is 12.1. The van der Waals surface area contributed by atoms with Crippen LogP contribution in [0, 0.1) is 0 Å². The van der Waals surface area contributed by atoms with Crippen molar-refractivity contribution in [3.8, 4) is 0 Å². The molecule has 4 heteroatoms. The SMILES string of the molecule is COC(=O)C(F)C(=O)c1ccc2ccccc2c1. The minimum atomic E-state index is -2.27. The lowest BCUT2D eigenvalue weighted by Gasteiger charge is -2.06. The lowest BCUT2D eigenvalue weighted by Crippen LogP contribution is -2.26. The molecule has 0 aliphatic carbocycles. The van der Waals surface area contributed by atoms with Gasteiger partial charge in [-0.05, 0) is 16.8 Å². The number of ketones is 1. The maximum absolute atomic E-state index is 13.5. The van der Waals surface area contributed by atoms with Crippen LogP contribution in [0.1, 0.15) is 10.4 Å². The van der Waals surface area contributed by atoms with Gasteiger partial charge in [0.25, 0.3) is 6.17 Å². The molecule has 0 aromatic heterocycles. The zero-order valence-corrected chi connectivity index (χ0v) is 9.72. The molecule has 0 saturated carbocycles. The van der Waals surface area contributed by atoms with Crippen LogP contribution in [0.2, 0.25) is 0 Å². The predicted octanol–water partition coefficient (Wildman–Crippen LogP) is 2.53. The van der Waals surface area contributed by atoms with Crippen molar-refractivity contribution >= 4 is 22.5 Å². The summed E-state index contributed by atoms with van der Waals surface area (Å²) in [4.78, 5) is 22.7. The Kier molecular flexibility index (Phi) is 3.37. The van der Waals surface area contributed by atoms with Crippen molar-refractivity contribution < 1.29 is 18.7 Å². The number of methoxy groups -OCH3 is 1. The minimum Gasteiger partial charge on any atom is -0.467 e. The fourth-order valence-electron chi connectivity index (χ4n) is 1.70. The topological polar surface area (TPSA) is 43.4 Å². The number of hydrogen-bond donors (Lipinski definition) is 0. The summed E-state index contributed by atoms with van der Waals surface area (Å²) in [6.45, 7) is 0. The first-order valence-electron chi connectivity index (χ1n) is 5.38. The molecule has 0 spiro atoms. The van der Waals surface area contributed by atoms with Gasteiger partial charge in [-0.25, -0.2) is 9.18 Å². The van der Waals surface area contributed by atoms with E-state index in [0.29, 0.717) is 0 Å². The highest BCUT2D eigenvalue weighted by atomic mass is 19.1. The molecule has 2 aromatic rings. The number of halogens is 1. The number of esters is 1. The molecule has 1 atom stereocenters. The summed E-state index contributed by atoms with van der Waals surface area (Å²) in [5.41, 5.74) is 0.159. The molecule has 0 fully saturated rings. The van der Waals surface area contributed by atoms with E-state index in [-0.39, 0.29) is 5.56 Å². The van der Waals surface area contributed by atoms with Crippen molar-refractivity contribution in [1.82, 2.24) is 0 Å². The molecular weight excluding hydrogens is 235 g/mol. The molecule has 0 aliphatic heterocycles. The van der Waals surface area contributed by atoms with Crippen LogP contribution in [-0.4, -0.2) is 25.0 Å². The molecule has 2 rings (SSSR count). The Morgan fingerprint density at radius 3 is 2.44 bits per heavy atom. The Bertz CT molecular complexity index is 607. The fourth-order valence-corrected chi connectivity index (χ4v) is 1.70. The van der Waals surface area contributed by atoms with E-state index in [1.165, 1.54) is 6.07 Å². The summed E-state index contributed by atoms with van der Waals surface area (Å²) < 4.78 is 17.7. The highest BCUT2D eigenvalue weighted by Crippen LogP contribution is 2.17. The quantitative estimate of drug-likeness (QED) is 0.475. The number of Topliss-reactive ketones (excluding diaryl/α,β-unsaturated/α-hetero) is 1. The Morgan fingerprint density at radius 1 is 1.11 bits per heavy atom. The number of hydrogen-bond acceptors (Lipinski definition) is 3. The molecule has 18 heavy (non-hydrogen) atoms. The van der Waals surface area contributed by atoms with Crippen LogP contribution in [0.25, 0.3) is 10.8 Å². The lowest BCUT2D eigenvalue weighted by atomic mass is 10.0. The lowest BCUT2D eigenvalue weighted by molar-refractivity contribution is -0.144. The van der Waals surface area contributed by atoms with Gasteiger partial charge in [0.1, 0.15) is 0 Å². The van der Waals surface area contributed by atoms with Gasteiger partial charge in [0.2, 0.25) is 5.78 Å². The van der Waals surface area contributed by atoms with E-state index in [4.69, 9.17) is 0 Å². The first-order chi connectivity index (χ1) is 8.63. The zero-order chi connectivity index (χ0) is 13.1. The highest BCUT2D eigenvalue weighted by molar-refractivity contribution is 6.12. The Morgan fingerprint density at radius 2 is 1.78 bits per heavy atom. The standard InChI is InChI=1S/C14H11FO3/c1-18-14(17)12(15)13(16)11-7-6-9-4-2-3-5-10(9)8-11/h2-8,12H,1H3. The molecule has 2 aromatic carbocycles.